The van der Waals surface area contributed by atoms with Gasteiger partial charge in [0.2, 0.25) is 5.91 Å². The number of carbonyl (C=O) groups is 1. The van der Waals surface area contributed by atoms with Crippen LogP contribution in [0.3, 0.4) is 0 Å². The standard InChI is InChI=1S/C21H20N6O2/c1-3-17-15-9-23-18(24-21(28)12-4-5-12)8-14(15)16(10-22-17)20-25-19-7-6-13(29-2)11-27(19)26-20/h6-12H,3-5H2,1-2H3,(H,23,24,28). The Balaban J connectivity index is 1.64. The third-order valence-corrected chi connectivity index (χ3v) is 5.17. The summed E-state index contributed by atoms with van der Waals surface area (Å²) in [6.07, 6.45) is 8.02. The van der Waals surface area contributed by atoms with Crippen molar-refractivity contribution >= 4 is 28.1 Å². The number of carbonyl (C=O) groups excluding carboxylic acids is 1. The van der Waals surface area contributed by atoms with E-state index in [9.17, 15) is 4.79 Å². The zero-order valence-electron chi connectivity index (χ0n) is 16.2. The molecule has 146 valence electrons. The van der Waals surface area contributed by atoms with Gasteiger partial charge in [0.15, 0.2) is 11.5 Å². The van der Waals surface area contributed by atoms with Gasteiger partial charge in [0.25, 0.3) is 0 Å². The number of rotatable bonds is 5. The van der Waals surface area contributed by atoms with Gasteiger partial charge < -0.3 is 10.1 Å². The van der Waals surface area contributed by atoms with Crippen LogP contribution in [0.1, 0.15) is 25.5 Å². The van der Waals surface area contributed by atoms with E-state index in [1.54, 1.807) is 30.2 Å². The normalized spacial score (nSPS) is 13.7. The zero-order valence-corrected chi connectivity index (χ0v) is 16.2. The molecule has 1 saturated carbocycles. The van der Waals surface area contributed by atoms with E-state index < -0.39 is 0 Å². The first-order valence-electron chi connectivity index (χ1n) is 9.65. The van der Waals surface area contributed by atoms with Crippen LogP contribution in [0, 0.1) is 5.92 Å². The maximum absolute atomic E-state index is 12.2. The summed E-state index contributed by atoms with van der Waals surface area (Å²) in [7, 11) is 1.62. The number of aromatic nitrogens is 5. The number of ether oxygens (including phenoxy) is 1. The predicted molar refractivity (Wildman–Crippen MR) is 109 cm³/mol. The Morgan fingerprint density at radius 2 is 2.10 bits per heavy atom. The Labute approximate surface area is 167 Å². The number of hydrogen-bond acceptors (Lipinski definition) is 6. The molecule has 29 heavy (non-hydrogen) atoms. The van der Waals surface area contributed by atoms with Gasteiger partial charge in [0.05, 0.1) is 13.3 Å². The molecule has 0 unspecified atom stereocenters. The second-order valence-electron chi connectivity index (χ2n) is 7.16. The number of nitrogens with one attached hydrogen (secondary N) is 1. The molecule has 1 fully saturated rings. The van der Waals surface area contributed by atoms with Crippen LogP contribution >= 0.6 is 0 Å². The van der Waals surface area contributed by atoms with Gasteiger partial charge in [0, 0.05) is 40.3 Å². The first kappa shape index (κ1) is 17.5. The minimum absolute atomic E-state index is 0.0288. The Bertz CT molecular complexity index is 1240. The summed E-state index contributed by atoms with van der Waals surface area (Å²) in [4.78, 5) is 25.8. The van der Waals surface area contributed by atoms with Crippen LogP contribution in [-0.2, 0) is 11.2 Å². The smallest absolute Gasteiger partial charge is 0.228 e. The molecule has 1 N–H and O–H groups in total. The van der Waals surface area contributed by atoms with Gasteiger partial charge in [-0.1, -0.05) is 6.92 Å². The van der Waals surface area contributed by atoms with Gasteiger partial charge in [-0.25, -0.2) is 14.5 Å². The second-order valence-corrected chi connectivity index (χ2v) is 7.16. The van der Waals surface area contributed by atoms with Crippen molar-refractivity contribution in [1.82, 2.24) is 24.6 Å². The van der Waals surface area contributed by atoms with E-state index in [0.29, 0.717) is 23.0 Å². The molecule has 8 heteroatoms. The molecule has 8 nitrogen and oxygen atoms in total. The molecule has 0 spiro atoms. The molecule has 0 bridgehead atoms. The zero-order chi connectivity index (χ0) is 20.0. The number of hydrogen-bond donors (Lipinski definition) is 1. The van der Waals surface area contributed by atoms with Crippen molar-refractivity contribution in [3.05, 3.63) is 42.5 Å². The maximum atomic E-state index is 12.2. The Morgan fingerprint density at radius 3 is 2.86 bits per heavy atom. The summed E-state index contributed by atoms with van der Waals surface area (Å²) >= 11 is 0. The second kappa shape index (κ2) is 6.80. The number of fused-ring (bicyclic) bond motifs is 2. The van der Waals surface area contributed by atoms with Crippen molar-refractivity contribution in [1.29, 1.82) is 0 Å². The molecular formula is C21H20N6O2. The highest BCUT2D eigenvalue weighted by Gasteiger charge is 2.30. The molecule has 4 aromatic heterocycles. The molecule has 5 rings (SSSR count). The number of pyridine rings is 3. The minimum Gasteiger partial charge on any atom is -0.495 e. The average Bonchev–Trinajstić information content (AvgIpc) is 3.51. The Hall–Kier alpha value is -3.55. The molecule has 4 heterocycles. The monoisotopic (exact) mass is 388 g/mol. The molecule has 0 atom stereocenters. The maximum Gasteiger partial charge on any atom is 0.228 e. The molecule has 0 radical (unpaired) electrons. The molecule has 0 aliphatic heterocycles. The number of aryl methyl sites for hydroxylation is 1. The fraction of sp³-hybridized carbons (Fsp3) is 0.286. The SMILES string of the molecule is CCc1ncc(-c2nc3ccc(OC)cn3n2)c2cc(NC(=O)C3CC3)ncc12. The summed E-state index contributed by atoms with van der Waals surface area (Å²) in [6.45, 7) is 2.06. The summed E-state index contributed by atoms with van der Waals surface area (Å²) < 4.78 is 6.95. The number of nitrogens with zero attached hydrogens (tertiary/aromatic N) is 5. The summed E-state index contributed by atoms with van der Waals surface area (Å²) in [6, 6.07) is 5.59. The van der Waals surface area contributed by atoms with Crippen molar-refractivity contribution in [3.63, 3.8) is 0 Å². The molecule has 0 saturated heterocycles. The first-order valence-corrected chi connectivity index (χ1v) is 9.65. The van der Waals surface area contributed by atoms with E-state index >= 15 is 0 Å². The van der Waals surface area contributed by atoms with Crippen LogP contribution in [0.25, 0.3) is 27.8 Å². The van der Waals surface area contributed by atoms with Crippen LogP contribution in [0.4, 0.5) is 5.82 Å². The molecular weight excluding hydrogens is 368 g/mol. The number of methoxy groups -OCH3 is 1. The molecule has 4 aromatic rings. The largest absolute Gasteiger partial charge is 0.495 e. The van der Waals surface area contributed by atoms with Crippen LogP contribution < -0.4 is 10.1 Å². The van der Waals surface area contributed by atoms with Crippen molar-refractivity contribution in [2.45, 2.75) is 26.2 Å². The highest BCUT2D eigenvalue weighted by molar-refractivity contribution is 6.00. The van der Waals surface area contributed by atoms with Crippen LogP contribution in [0.2, 0.25) is 0 Å². The lowest BCUT2D eigenvalue weighted by Gasteiger charge is -2.10. The topological polar surface area (TPSA) is 94.3 Å². The summed E-state index contributed by atoms with van der Waals surface area (Å²) in [5.74, 6) is 1.94. The minimum atomic E-state index is 0.0288. The van der Waals surface area contributed by atoms with Gasteiger partial charge in [-0.2, -0.15) is 0 Å². The Kier molecular flexibility index (Phi) is 4.12. The highest BCUT2D eigenvalue weighted by atomic mass is 16.5. The number of anilines is 1. The van der Waals surface area contributed by atoms with Crippen LogP contribution in [-0.4, -0.2) is 37.6 Å². The van der Waals surface area contributed by atoms with Gasteiger partial charge in [0.1, 0.15) is 11.6 Å². The van der Waals surface area contributed by atoms with E-state index in [1.165, 1.54) is 0 Å². The van der Waals surface area contributed by atoms with E-state index in [4.69, 9.17) is 4.74 Å². The van der Waals surface area contributed by atoms with Crippen molar-refractivity contribution in [2.75, 3.05) is 12.4 Å². The van der Waals surface area contributed by atoms with Crippen molar-refractivity contribution in [3.8, 4) is 17.1 Å². The lowest BCUT2D eigenvalue weighted by atomic mass is 10.1. The van der Waals surface area contributed by atoms with E-state index in [1.807, 2.05) is 18.2 Å². The van der Waals surface area contributed by atoms with Gasteiger partial charge in [-0.15, -0.1) is 5.10 Å². The third-order valence-electron chi connectivity index (χ3n) is 5.17. The lowest BCUT2D eigenvalue weighted by molar-refractivity contribution is -0.117. The fourth-order valence-electron chi connectivity index (χ4n) is 3.39. The Morgan fingerprint density at radius 1 is 1.24 bits per heavy atom. The summed E-state index contributed by atoms with van der Waals surface area (Å²) in [5.41, 5.74) is 2.45. The van der Waals surface area contributed by atoms with Gasteiger partial charge in [-0.05, 0) is 37.5 Å². The molecule has 1 amide bonds. The lowest BCUT2D eigenvalue weighted by Crippen LogP contribution is -2.14. The molecule has 1 aliphatic rings. The van der Waals surface area contributed by atoms with Crippen LogP contribution in [0.5, 0.6) is 5.75 Å². The fourth-order valence-corrected chi connectivity index (χ4v) is 3.39. The summed E-state index contributed by atoms with van der Waals surface area (Å²) in [5, 5.41) is 9.38. The highest BCUT2D eigenvalue weighted by Crippen LogP contribution is 2.32. The number of amides is 1. The van der Waals surface area contributed by atoms with E-state index in [-0.39, 0.29) is 11.8 Å². The third kappa shape index (κ3) is 3.16. The van der Waals surface area contributed by atoms with E-state index in [0.717, 1.165) is 41.3 Å². The first-order chi connectivity index (χ1) is 14.2. The van der Waals surface area contributed by atoms with Crippen LogP contribution in [0.15, 0.2) is 36.8 Å². The van der Waals surface area contributed by atoms with Gasteiger partial charge in [-0.3, -0.25) is 9.78 Å². The van der Waals surface area contributed by atoms with E-state index in [2.05, 4.69) is 32.3 Å². The molecule has 0 aromatic carbocycles. The van der Waals surface area contributed by atoms with Crippen molar-refractivity contribution in [2.24, 2.45) is 5.92 Å². The molecule has 1 aliphatic carbocycles. The predicted octanol–water partition coefficient (Wildman–Crippen LogP) is 3.26. The quantitative estimate of drug-likeness (QED) is 0.564. The average molecular weight is 388 g/mol. The van der Waals surface area contributed by atoms with Gasteiger partial charge >= 0.3 is 0 Å². The van der Waals surface area contributed by atoms with Crippen molar-refractivity contribution < 1.29 is 9.53 Å².